The molecule has 8 heteroatoms. The molecule has 0 spiro atoms. The number of anilines is 1. The van der Waals surface area contributed by atoms with Crippen LogP contribution in [0.15, 0.2) is 65.5 Å². The summed E-state index contributed by atoms with van der Waals surface area (Å²) in [6, 6.07) is 11.8. The Bertz CT molecular complexity index is 1160. The normalized spacial score (nSPS) is 11.5. The molecule has 0 saturated heterocycles. The van der Waals surface area contributed by atoms with Gasteiger partial charge in [-0.2, -0.15) is 24.5 Å². The molecule has 4 aromatic rings. The Morgan fingerprint density at radius 3 is 2.61 bits per heavy atom. The fourth-order valence-electron chi connectivity index (χ4n) is 2.71. The van der Waals surface area contributed by atoms with Crippen molar-refractivity contribution >= 4 is 34.1 Å². The molecule has 4 nitrogen and oxygen atoms in total. The highest BCUT2D eigenvalue weighted by Crippen LogP contribution is 2.30. The molecule has 2 heterocycles. The van der Waals surface area contributed by atoms with Gasteiger partial charge in [0.05, 0.1) is 22.8 Å². The molecule has 0 aliphatic rings. The van der Waals surface area contributed by atoms with Gasteiger partial charge >= 0.3 is 6.18 Å². The summed E-state index contributed by atoms with van der Waals surface area (Å²) in [4.78, 5) is 21.0. The lowest BCUT2D eigenvalue weighted by atomic mass is 10.1. The summed E-state index contributed by atoms with van der Waals surface area (Å²) in [5.74, 6) is -0.522. The Hall–Kier alpha value is -3.26. The number of fused-ring (bicyclic) bond motifs is 1. The second kappa shape index (κ2) is 7.05. The average molecular weight is 399 g/mol. The van der Waals surface area contributed by atoms with Crippen LogP contribution in [0.5, 0.6) is 0 Å². The van der Waals surface area contributed by atoms with Crippen LogP contribution in [0, 0.1) is 0 Å². The summed E-state index contributed by atoms with van der Waals surface area (Å²) in [6.07, 6.45) is -3.14. The van der Waals surface area contributed by atoms with Crippen molar-refractivity contribution in [1.82, 2.24) is 9.97 Å². The molecule has 28 heavy (non-hydrogen) atoms. The molecule has 0 aliphatic carbocycles. The fraction of sp³-hybridized carbons (Fsp3) is 0.0500. The molecule has 0 bridgehead atoms. The number of amides is 1. The zero-order valence-corrected chi connectivity index (χ0v) is 15.0. The Labute approximate surface area is 161 Å². The Morgan fingerprint density at radius 1 is 1.00 bits per heavy atom. The molecule has 0 aliphatic heterocycles. The van der Waals surface area contributed by atoms with E-state index in [4.69, 9.17) is 0 Å². The number of nitrogens with zero attached hydrogens (tertiary/aromatic N) is 2. The van der Waals surface area contributed by atoms with E-state index in [1.807, 2.05) is 35.0 Å². The van der Waals surface area contributed by atoms with Gasteiger partial charge in [-0.1, -0.05) is 12.1 Å². The van der Waals surface area contributed by atoms with Gasteiger partial charge in [-0.15, -0.1) is 0 Å². The van der Waals surface area contributed by atoms with E-state index in [1.54, 1.807) is 11.3 Å². The monoisotopic (exact) mass is 399 g/mol. The van der Waals surface area contributed by atoms with Gasteiger partial charge in [0, 0.05) is 5.56 Å². The lowest BCUT2D eigenvalue weighted by Crippen LogP contribution is -2.15. The molecule has 0 unspecified atom stereocenters. The van der Waals surface area contributed by atoms with Crippen molar-refractivity contribution in [1.29, 1.82) is 0 Å². The molecule has 1 N–H and O–H groups in total. The summed E-state index contributed by atoms with van der Waals surface area (Å²) in [6.45, 7) is 0. The van der Waals surface area contributed by atoms with Crippen LogP contribution in [-0.4, -0.2) is 15.9 Å². The van der Waals surface area contributed by atoms with Crippen LogP contribution in [0.25, 0.3) is 22.2 Å². The third kappa shape index (κ3) is 3.72. The number of hydrogen-bond donors (Lipinski definition) is 1. The van der Waals surface area contributed by atoms with Crippen LogP contribution < -0.4 is 5.32 Å². The zero-order chi connectivity index (χ0) is 19.7. The van der Waals surface area contributed by atoms with E-state index in [-0.39, 0.29) is 11.4 Å². The van der Waals surface area contributed by atoms with Crippen LogP contribution in [0.1, 0.15) is 15.9 Å². The summed E-state index contributed by atoms with van der Waals surface area (Å²) in [5, 5.41) is 6.48. The lowest BCUT2D eigenvalue weighted by Gasteiger charge is -2.09. The molecule has 0 fully saturated rings. The van der Waals surface area contributed by atoms with E-state index in [9.17, 15) is 18.0 Å². The average Bonchev–Trinajstić information content (AvgIpc) is 3.22. The molecular formula is C20H12F3N3OS. The van der Waals surface area contributed by atoms with Gasteiger partial charge in [0.25, 0.3) is 5.91 Å². The highest BCUT2D eigenvalue weighted by Gasteiger charge is 2.30. The van der Waals surface area contributed by atoms with E-state index in [1.165, 1.54) is 18.3 Å². The molecule has 140 valence electrons. The number of hydrogen-bond acceptors (Lipinski definition) is 4. The van der Waals surface area contributed by atoms with Crippen LogP contribution >= 0.6 is 11.3 Å². The van der Waals surface area contributed by atoms with Gasteiger partial charge in [-0.25, -0.2) is 4.98 Å². The Balaban J connectivity index is 1.62. The first-order chi connectivity index (χ1) is 13.4. The second-order valence-corrected chi connectivity index (χ2v) is 6.78. The third-order valence-corrected chi connectivity index (χ3v) is 4.77. The molecule has 0 atom stereocenters. The van der Waals surface area contributed by atoms with E-state index < -0.39 is 17.6 Å². The van der Waals surface area contributed by atoms with Crippen molar-refractivity contribution < 1.29 is 18.0 Å². The van der Waals surface area contributed by atoms with Crippen molar-refractivity contribution in [2.75, 3.05) is 5.32 Å². The number of halogens is 3. The molecular weight excluding hydrogens is 387 g/mol. The lowest BCUT2D eigenvalue weighted by molar-refractivity contribution is -0.137. The van der Waals surface area contributed by atoms with E-state index in [2.05, 4.69) is 15.3 Å². The number of thiophene rings is 1. The summed E-state index contributed by atoms with van der Waals surface area (Å²) in [7, 11) is 0. The molecule has 2 aromatic carbocycles. The van der Waals surface area contributed by atoms with E-state index in [0.717, 1.165) is 23.3 Å². The van der Waals surface area contributed by atoms with Gasteiger partial charge in [0.15, 0.2) is 5.82 Å². The maximum atomic E-state index is 12.8. The highest BCUT2D eigenvalue weighted by molar-refractivity contribution is 7.08. The maximum absolute atomic E-state index is 12.8. The number of aromatic nitrogens is 2. The first-order valence-electron chi connectivity index (χ1n) is 8.18. The number of nitrogens with one attached hydrogen (secondary N) is 1. The van der Waals surface area contributed by atoms with Crippen molar-refractivity contribution in [2.45, 2.75) is 6.18 Å². The summed E-state index contributed by atoms with van der Waals surface area (Å²) >= 11 is 1.58. The predicted octanol–water partition coefficient (Wildman–Crippen LogP) is 5.63. The summed E-state index contributed by atoms with van der Waals surface area (Å²) < 4.78 is 38.5. The smallest absolute Gasteiger partial charge is 0.305 e. The first kappa shape index (κ1) is 18.1. The van der Waals surface area contributed by atoms with Crippen LogP contribution in [0.2, 0.25) is 0 Å². The minimum atomic E-state index is -4.52. The standard InChI is InChI=1S/C20H12F3N3OS/c21-20(22,23)15-3-1-2-13(8-15)19(27)26-18-10-24-16-5-4-12(9-17(16)25-18)14-6-7-28-11-14/h1-11H,(H,25,26,27). The molecule has 0 radical (unpaired) electrons. The SMILES string of the molecule is O=C(Nc1cnc2ccc(-c3ccsc3)cc2n1)c1cccc(C(F)(F)F)c1. The van der Waals surface area contributed by atoms with Gasteiger partial charge in [-0.3, -0.25) is 9.78 Å². The maximum Gasteiger partial charge on any atom is 0.416 e. The van der Waals surface area contributed by atoms with Crippen LogP contribution in [-0.2, 0) is 6.18 Å². The van der Waals surface area contributed by atoms with Crippen molar-refractivity contribution in [3.05, 3.63) is 76.6 Å². The van der Waals surface area contributed by atoms with Crippen molar-refractivity contribution in [3.8, 4) is 11.1 Å². The number of carbonyl (C=O) groups is 1. The fourth-order valence-corrected chi connectivity index (χ4v) is 3.37. The largest absolute Gasteiger partial charge is 0.416 e. The minimum absolute atomic E-state index is 0.108. The minimum Gasteiger partial charge on any atom is -0.305 e. The van der Waals surface area contributed by atoms with Crippen LogP contribution in [0.3, 0.4) is 0 Å². The topological polar surface area (TPSA) is 54.9 Å². The van der Waals surface area contributed by atoms with E-state index >= 15 is 0 Å². The van der Waals surface area contributed by atoms with Crippen LogP contribution in [0.4, 0.5) is 19.0 Å². The Kier molecular flexibility index (Phi) is 4.56. The number of benzene rings is 2. The van der Waals surface area contributed by atoms with Gasteiger partial charge in [0.1, 0.15) is 0 Å². The number of carbonyl (C=O) groups excluding carboxylic acids is 1. The molecule has 4 rings (SSSR count). The Morgan fingerprint density at radius 2 is 1.86 bits per heavy atom. The molecule has 0 saturated carbocycles. The number of alkyl halides is 3. The predicted molar refractivity (Wildman–Crippen MR) is 102 cm³/mol. The number of rotatable bonds is 3. The highest BCUT2D eigenvalue weighted by atomic mass is 32.1. The third-order valence-electron chi connectivity index (χ3n) is 4.09. The first-order valence-corrected chi connectivity index (χ1v) is 9.12. The van der Waals surface area contributed by atoms with E-state index in [0.29, 0.717) is 11.0 Å². The van der Waals surface area contributed by atoms with Crippen molar-refractivity contribution in [3.63, 3.8) is 0 Å². The van der Waals surface area contributed by atoms with Gasteiger partial charge < -0.3 is 5.32 Å². The quantitative estimate of drug-likeness (QED) is 0.486. The zero-order valence-electron chi connectivity index (χ0n) is 14.2. The second-order valence-electron chi connectivity index (χ2n) is 6.00. The summed E-state index contributed by atoms with van der Waals surface area (Å²) in [5.41, 5.74) is 2.24. The molecule has 1 amide bonds. The van der Waals surface area contributed by atoms with Gasteiger partial charge in [0.2, 0.25) is 0 Å². The van der Waals surface area contributed by atoms with Crippen molar-refractivity contribution in [2.24, 2.45) is 0 Å². The molecule has 2 aromatic heterocycles. The van der Waals surface area contributed by atoms with Gasteiger partial charge in [-0.05, 0) is 58.3 Å².